The van der Waals surface area contributed by atoms with Crippen LogP contribution in [0.15, 0.2) is 54.6 Å². The molecular formula is C16H18ClNS. The summed E-state index contributed by atoms with van der Waals surface area (Å²) in [6, 6.07) is 18.3. The summed E-state index contributed by atoms with van der Waals surface area (Å²) in [5, 5.41) is 4.84. The standard InChI is InChI=1S/C16H18ClNS/c1-13(11-18-15-8-3-2-4-9-15)19-12-14-7-5-6-10-16(14)17/h2-10,13,18H,11-12H2,1H3. The molecule has 0 aliphatic rings. The molecule has 0 aromatic heterocycles. The van der Waals surface area contributed by atoms with E-state index in [0.29, 0.717) is 5.25 Å². The molecule has 0 bridgehead atoms. The summed E-state index contributed by atoms with van der Waals surface area (Å²) >= 11 is 8.07. The number of hydrogen-bond acceptors (Lipinski definition) is 2. The van der Waals surface area contributed by atoms with E-state index in [4.69, 9.17) is 11.6 Å². The fourth-order valence-electron chi connectivity index (χ4n) is 1.72. The number of hydrogen-bond donors (Lipinski definition) is 1. The van der Waals surface area contributed by atoms with Gasteiger partial charge in [-0.2, -0.15) is 11.8 Å². The molecule has 2 aromatic carbocycles. The summed E-state index contributed by atoms with van der Waals surface area (Å²) in [6.45, 7) is 3.19. The predicted octanol–water partition coefficient (Wildman–Crippen LogP) is 5.07. The maximum Gasteiger partial charge on any atom is 0.0446 e. The number of benzene rings is 2. The Hall–Kier alpha value is -1.12. The van der Waals surface area contributed by atoms with E-state index >= 15 is 0 Å². The molecule has 100 valence electrons. The normalized spacial score (nSPS) is 12.1. The van der Waals surface area contributed by atoms with Gasteiger partial charge in [-0.1, -0.05) is 54.9 Å². The van der Waals surface area contributed by atoms with Gasteiger partial charge in [0.05, 0.1) is 0 Å². The molecule has 0 aliphatic carbocycles. The second kappa shape index (κ2) is 7.46. The van der Waals surface area contributed by atoms with Gasteiger partial charge in [0.25, 0.3) is 0 Å². The minimum atomic E-state index is 0.538. The maximum atomic E-state index is 6.15. The third-order valence-electron chi connectivity index (χ3n) is 2.85. The van der Waals surface area contributed by atoms with Crippen molar-refractivity contribution >= 4 is 29.1 Å². The molecular weight excluding hydrogens is 274 g/mol. The highest BCUT2D eigenvalue weighted by molar-refractivity contribution is 7.99. The van der Waals surface area contributed by atoms with Crippen molar-refractivity contribution in [3.8, 4) is 0 Å². The first-order valence-electron chi connectivity index (χ1n) is 6.39. The Morgan fingerprint density at radius 1 is 1.05 bits per heavy atom. The van der Waals surface area contributed by atoms with Gasteiger partial charge in [-0.15, -0.1) is 0 Å². The maximum absolute atomic E-state index is 6.15. The zero-order valence-corrected chi connectivity index (χ0v) is 12.5. The SMILES string of the molecule is CC(CNc1ccccc1)SCc1ccccc1Cl. The predicted molar refractivity (Wildman–Crippen MR) is 87.1 cm³/mol. The summed E-state index contributed by atoms with van der Waals surface area (Å²) in [5.41, 5.74) is 2.38. The van der Waals surface area contributed by atoms with E-state index < -0.39 is 0 Å². The van der Waals surface area contributed by atoms with Crippen molar-refractivity contribution in [1.82, 2.24) is 0 Å². The van der Waals surface area contributed by atoms with Crippen molar-refractivity contribution in [2.24, 2.45) is 0 Å². The van der Waals surface area contributed by atoms with Crippen LogP contribution in [-0.4, -0.2) is 11.8 Å². The molecule has 0 saturated carbocycles. The van der Waals surface area contributed by atoms with E-state index in [1.165, 1.54) is 11.3 Å². The largest absolute Gasteiger partial charge is 0.384 e. The molecule has 2 rings (SSSR count). The lowest BCUT2D eigenvalue weighted by Crippen LogP contribution is -2.13. The molecule has 0 saturated heterocycles. The van der Waals surface area contributed by atoms with E-state index in [9.17, 15) is 0 Å². The second-order valence-electron chi connectivity index (χ2n) is 4.46. The van der Waals surface area contributed by atoms with Gasteiger partial charge in [0.15, 0.2) is 0 Å². The van der Waals surface area contributed by atoms with Gasteiger partial charge in [0.2, 0.25) is 0 Å². The molecule has 1 N–H and O–H groups in total. The number of nitrogens with one attached hydrogen (secondary N) is 1. The highest BCUT2D eigenvalue weighted by atomic mass is 35.5. The third kappa shape index (κ3) is 4.81. The average molecular weight is 292 g/mol. The molecule has 1 nitrogen and oxygen atoms in total. The molecule has 0 amide bonds. The molecule has 1 atom stereocenters. The number of halogens is 1. The lowest BCUT2D eigenvalue weighted by molar-refractivity contribution is 0.998. The van der Waals surface area contributed by atoms with Crippen LogP contribution in [0.2, 0.25) is 5.02 Å². The van der Waals surface area contributed by atoms with Crippen LogP contribution < -0.4 is 5.32 Å². The van der Waals surface area contributed by atoms with Gasteiger partial charge in [-0.3, -0.25) is 0 Å². The van der Waals surface area contributed by atoms with E-state index in [1.807, 2.05) is 48.2 Å². The molecule has 0 aliphatic heterocycles. The lowest BCUT2D eigenvalue weighted by Gasteiger charge is -2.13. The molecule has 19 heavy (non-hydrogen) atoms. The Bertz CT molecular complexity index is 501. The Labute approximate surface area is 124 Å². The van der Waals surface area contributed by atoms with Gasteiger partial charge in [-0.25, -0.2) is 0 Å². The van der Waals surface area contributed by atoms with E-state index in [2.05, 4.69) is 30.4 Å². The third-order valence-corrected chi connectivity index (χ3v) is 4.43. The van der Waals surface area contributed by atoms with Crippen LogP contribution in [0.1, 0.15) is 12.5 Å². The summed E-state index contributed by atoms with van der Waals surface area (Å²) < 4.78 is 0. The minimum Gasteiger partial charge on any atom is -0.384 e. The van der Waals surface area contributed by atoms with Crippen molar-refractivity contribution < 1.29 is 0 Å². The monoisotopic (exact) mass is 291 g/mol. The van der Waals surface area contributed by atoms with Gasteiger partial charge >= 0.3 is 0 Å². The van der Waals surface area contributed by atoms with E-state index in [0.717, 1.165) is 17.3 Å². The van der Waals surface area contributed by atoms with Crippen LogP contribution in [0.5, 0.6) is 0 Å². The fraction of sp³-hybridized carbons (Fsp3) is 0.250. The van der Waals surface area contributed by atoms with Gasteiger partial charge in [0, 0.05) is 28.3 Å². The first-order chi connectivity index (χ1) is 9.25. The second-order valence-corrected chi connectivity index (χ2v) is 6.29. The zero-order chi connectivity index (χ0) is 13.5. The Morgan fingerprint density at radius 3 is 2.47 bits per heavy atom. The van der Waals surface area contributed by atoms with Crippen molar-refractivity contribution in [3.05, 3.63) is 65.2 Å². The van der Waals surface area contributed by atoms with Crippen LogP contribution in [0.4, 0.5) is 5.69 Å². The van der Waals surface area contributed by atoms with Gasteiger partial charge < -0.3 is 5.32 Å². The summed E-state index contributed by atoms with van der Waals surface area (Å²) in [4.78, 5) is 0. The molecule has 3 heteroatoms. The topological polar surface area (TPSA) is 12.0 Å². The van der Waals surface area contributed by atoms with Crippen molar-refractivity contribution in [2.45, 2.75) is 17.9 Å². The number of para-hydroxylation sites is 1. The van der Waals surface area contributed by atoms with E-state index in [-0.39, 0.29) is 0 Å². The smallest absolute Gasteiger partial charge is 0.0446 e. The van der Waals surface area contributed by atoms with Crippen molar-refractivity contribution in [3.63, 3.8) is 0 Å². The zero-order valence-electron chi connectivity index (χ0n) is 11.0. The van der Waals surface area contributed by atoms with Crippen LogP contribution in [0, 0.1) is 0 Å². The van der Waals surface area contributed by atoms with Crippen LogP contribution >= 0.6 is 23.4 Å². The number of rotatable bonds is 6. The number of anilines is 1. The summed E-state index contributed by atoms with van der Waals surface area (Å²) in [5.74, 6) is 0.956. The summed E-state index contributed by atoms with van der Waals surface area (Å²) in [6.07, 6.45) is 0. The first-order valence-corrected chi connectivity index (χ1v) is 7.82. The van der Waals surface area contributed by atoms with Crippen molar-refractivity contribution in [2.75, 3.05) is 11.9 Å². The Balaban J connectivity index is 1.76. The molecule has 1 unspecified atom stereocenters. The molecule has 0 radical (unpaired) electrons. The van der Waals surface area contributed by atoms with Gasteiger partial charge in [0.1, 0.15) is 0 Å². The van der Waals surface area contributed by atoms with Crippen LogP contribution in [0.3, 0.4) is 0 Å². The average Bonchev–Trinajstić information content (AvgIpc) is 2.45. The molecule has 0 heterocycles. The number of thioether (sulfide) groups is 1. The summed E-state index contributed by atoms with van der Waals surface area (Å²) in [7, 11) is 0. The van der Waals surface area contributed by atoms with Crippen LogP contribution in [-0.2, 0) is 5.75 Å². The molecule has 0 fully saturated rings. The Morgan fingerprint density at radius 2 is 1.74 bits per heavy atom. The van der Waals surface area contributed by atoms with Gasteiger partial charge in [-0.05, 0) is 23.8 Å². The molecule has 0 spiro atoms. The minimum absolute atomic E-state index is 0.538. The quantitative estimate of drug-likeness (QED) is 0.797. The fourth-order valence-corrected chi connectivity index (χ4v) is 2.92. The molecule has 2 aromatic rings. The first kappa shape index (κ1) is 14.3. The van der Waals surface area contributed by atoms with Crippen molar-refractivity contribution in [1.29, 1.82) is 0 Å². The van der Waals surface area contributed by atoms with Crippen LogP contribution in [0.25, 0.3) is 0 Å². The van der Waals surface area contributed by atoms with E-state index in [1.54, 1.807) is 0 Å². The lowest BCUT2D eigenvalue weighted by atomic mass is 10.2. The Kier molecular flexibility index (Phi) is 5.62. The highest BCUT2D eigenvalue weighted by Gasteiger charge is 2.05. The highest BCUT2D eigenvalue weighted by Crippen LogP contribution is 2.23.